The number of hydrogen-bond donors (Lipinski definition) is 0. The summed E-state index contributed by atoms with van der Waals surface area (Å²) < 4.78 is 0. The summed E-state index contributed by atoms with van der Waals surface area (Å²) >= 11 is 6.88. The number of anilines is 3. The molecule has 1 aliphatic carbocycles. The molecule has 0 radical (unpaired) electrons. The smallest absolute Gasteiger partial charge is 0.0482 e. The molecule has 5 rings (SSSR count). The van der Waals surface area contributed by atoms with Gasteiger partial charge in [0.25, 0.3) is 0 Å². The number of rotatable bonds is 4. The van der Waals surface area contributed by atoms with Crippen LogP contribution in [0, 0.1) is 13.8 Å². The summed E-state index contributed by atoms with van der Waals surface area (Å²) in [4.78, 5) is 2.38. The van der Waals surface area contributed by atoms with Gasteiger partial charge in [0, 0.05) is 22.1 Å². The van der Waals surface area contributed by atoms with Gasteiger partial charge in [0.05, 0.1) is 0 Å². The first-order chi connectivity index (χ1) is 18.7. The molecule has 0 spiro atoms. The van der Waals surface area contributed by atoms with Gasteiger partial charge in [-0.2, -0.15) is 0 Å². The van der Waals surface area contributed by atoms with E-state index in [0.29, 0.717) is 0 Å². The maximum atomic E-state index is 6.88. The second-order valence-corrected chi connectivity index (χ2v) is 14.5. The molecular formula is C38H44ClN. The topological polar surface area (TPSA) is 3.24 Å². The minimum atomic E-state index is 0.0936. The van der Waals surface area contributed by atoms with Crippen molar-refractivity contribution in [3.05, 3.63) is 112 Å². The highest BCUT2D eigenvalue weighted by molar-refractivity contribution is 6.31. The van der Waals surface area contributed by atoms with Crippen molar-refractivity contribution in [3.8, 4) is 11.1 Å². The molecule has 1 nitrogen and oxygen atoms in total. The molecule has 40 heavy (non-hydrogen) atoms. The van der Waals surface area contributed by atoms with E-state index in [9.17, 15) is 0 Å². The Morgan fingerprint density at radius 1 is 0.650 bits per heavy atom. The molecule has 208 valence electrons. The number of fused-ring (bicyclic) bond motifs is 1. The predicted molar refractivity (Wildman–Crippen MR) is 175 cm³/mol. The summed E-state index contributed by atoms with van der Waals surface area (Å²) in [5, 5.41) is 0.742. The van der Waals surface area contributed by atoms with Crippen LogP contribution in [0.5, 0.6) is 0 Å². The van der Waals surface area contributed by atoms with Crippen molar-refractivity contribution in [2.24, 2.45) is 0 Å². The molecular weight excluding hydrogens is 506 g/mol. The van der Waals surface area contributed by atoms with Gasteiger partial charge in [-0.15, -0.1) is 0 Å². The first-order valence-corrected chi connectivity index (χ1v) is 15.0. The second-order valence-electron chi connectivity index (χ2n) is 14.1. The second kappa shape index (κ2) is 10.1. The molecule has 0 unspecified atom stereocenters. The van der Waals surface area contributed by atoms with Crippen molar-refractivity contribution in [2.75, 3.05) is 4.90 Å². The fraction of sp³-hybridized carbons (Fsp3) is 0.368. The lowest BCUT2D eigenvalue weighted by atomic mass is 9.63. The van der Waals surface area contributed by atoms with Crippen molar-refractivity contribution in [1.29, 1.82) is 0 Å². The predicted octanol–water partition coefficient (Wildman–Crippen LogP) is 11.7. The van der Waals surface area contributed by atoms with E-state index in [4.69, 9.17) is 11.6 Å². The van der Waals surface area contributed by atoms with E-state index >= 15 is 0 Å². The Bertz CT molecular complexity index is 1530. The average Bonchev–Trinajstić information content (AvgIpc) is 2.87. The van der Waals surface area contributed by atoms with Gasteiger partial charge in [0.2, 0.25) is 0 Å². The Hall–Kier alpha value is -3.03. The van der Waals surface area contributed by atoms with Crippen molar-refractivity contribution < 1.29 is 0 Å². The van der Waals surface area contributed by atoms with Crippen molar-refractivity contribution >= 4 is 28.7 Å². The SMILES string of the molecule is Cc1cccc(C)c1-c1cc(Cl)cc(N(c2ccc(C(C)(C)C)cc2)c2ccc3c(c2)C(C)(C)CCC3(C)C)c1. The zero-order chi connectivity index (χ0) is 29.0. The molecule has 4 aromatic carbocycles. The highest BCUT2D eigenvalue weighted by Gasteiger charge is 2.37. The van der Waals surface area contributed by atoms with E-state index in [1.807, 2.05) is 0 Å². The highest BCUT2D eigenvalue weighted by Crippen LogP contribution is 2.48. The van der Waals surface area contributed by atoms with E-state index in [1.165, 1.54) is 51.9 Å². The van der Waals surface area contributed by atoms with Crippen LogP contribution < -0.4 is 4.90 Å². The van der Waals surface area contributed by atoms with Crippen LogP contribution >= 0.6 is 11.6 Å². The molecule has 0 aliphatic heterocycles. The highest BCUT2D eigenvalue weighted by atomic mass is 35.5. The standard InChI is InChI=1S/C38H44ClN/c1-25-11-10-12-26(2)35(25)27-21-29(39)23-32(22-27)40(30-15-13-28(14-16-30)36(3,4)5)31-17-18-33-34(24-31)38(8,9)20-19-37(33,6)7/h10-18,21-24H,19-20H2,1-9H3. The van der Waals surface area contributed by atoms with Gasteiger partial charge in [-0.1, -0.05) is 96.5 Å². The van der Waals surface area contributed by atoms with E-state index in [0.717, 1.165) is 22.0 Å². The van der Waals surface area contributed by atoms with Crippen LogP contribution in [0.25, 0.3) is 11.1 Å². The van der Waals surface area contributed by atoms with Crippen LogP contribution in [0.3, 0.4) is 0 Å². The van der Waals surface area contributed by atoms with Gasteiger partial charge in [-0.05, 0) is 124 Å². The van der Waals surface area contributed by atoms with Crippen LogP contribution in [0.1, 0.15) is 89.1 Å². The Morgan fingerprint density at radius 2 is 1.23 bits per heavy atom. The normalized spacial score (nSPS) is 15.9. The Morgan fingerprint density at radius 3 is 1.82 bits per heavy atom. The first kappa shape index (κ1) is 28.5. The third kappa shape index (κ3) is 5.34. The first-order valence-electron chi connectivity index (χ1n) is 14.6. The zero-order valence-corrected chi connectivity index (χ0v) is 26.5. The van der Waals surface area contributed by atoms with Crippen LogP contribution in [0.15, 0.2) is 78.9 Å². The quantitative estimate of drug-likeness (QED) is 0.244. The van der Waals surface area contributed by atoms with Gasteiger partial charge in [0.15, 0.2) is 0 Å². The van der Waals surface area contributed by atoms with E-state index in [1.54, 1.807) is 0 Å². The molecule has 0 atom stereocenters. The summed E-state index contributed by atoms with van der Waals surface area (Å²) in [6.45, 7) is 20.7. The van der Waals surface area contributed by atoms with Gasteiger partial charge in [0.1, 0.15) is 0 Å². The van der Waals surface area contributed by atoms with Gasteiger partial charge in [-0.3, -0.25) is 0 Å². The summed E-state index contributed by atoms with van der Waals surface area (Å²) in [5.41, 5.74) is 12.9. The number of aryl methyl sites for hydroxylation is 2. The van der Waals surface area contributed by atoms with Crippen LogP contribution in [0.4, 0.5) is 17.1 Å². The lowest BCUT2D eigenvalue weighted by Crippen LogP contribution is -2.34. The molecule has 0 bridgehead atoms. The number of hydrogen-bond acceptors (Lipinski definition) is 1. The van der Waals surface area contributed by atoms with Crippen molar-refractivity contribution in [1.82, 2.24) is 0 Å². The Labute approximate surface area is 247 Å². The number of halogens is 1. The van der Waals surface area contributed by atoms with Crippen LogP contribution in [-0.2, 0) is 16.2 Å². The molecule has 1 aliphatic rings. The van der Waals surface area contributed by atoms with Gasteiger partial charge < -0.3 is 4.90 Å². The minimum Gasteiger partial charge on any atom is -0.310 e. The monoisotopic (exact) mass is 549 g/mol. The van der Waals surface area contributed by atoms with Crippen LogP contribution in [0.2, 0.25) is 5.02 Å². The van der Waals surface area contributed by atoms with Crippen molar-refractivity contribution in [2.45, 2.75) is 91.4 Å². The Kier molecular flexibility index (Phi) is 7.20. The summed E-state index contributed by atoms with van der Waals surface area (Å²) in [7, 11) is 0. The molecule has 2 heteroatoms. The molecule has 0 fully saturated rings. The lowest BCUT2D eigenvalue weighted by molar-refractivity contribution is 0.332. The maximum Gasteiger partial charge on any atom is 0.0482 e. The Balaban J connectivity index is 1.74. The molecule has 0 amide bonds. The van der Waals surface area contributed by atoms with E-state index in [-0.39, 0.29) is 16.2 Å². The molecule has 0 aromatic heterocycles. The fourth-order valence-electron chi connectivity index (χ4n) is 6.39. The molecule has 0 saturated carbocycles. The molecule has 0 N–H and O–H groups in total. The lowest BCUT2D eigenvalue weighted by Gasteiger charge is -2.42. The fourth-order valence-corrected chi connectivity index (χ4v) is 6.62. The van der Waals surface area contributed by atoms with Crippen molar-refractivity contribution in [3.63, 3.8) is 0 Å². The summed E-state index contributed by atoms with van der Waals surface area (Å²) in [5.74, 6) is 0. The average molecular weight is 550 g/mol. The zero-order valence-electron chi connectivity index (χ0n) is 25.7. The van der Waals surface area contributed by atoms with Crippen LogP contribution in [-0.4, -0.2) is 0 Å². The van der Waals surface area contributed by atoms with E-state index < -0.39 is 0 Å². The number of benzene rings is 4. The van der Waals surface area contributed by atoms with E-state index in [2.05, 4.69) is 146 Å². The number of nitrogens with zero attached hydrogens (tertiary/aromatic N) is 1. The van der Waals surface area contributed by atoms with Gasteiger partial charge >= 0.3 is 0 Å². The molecule has 0 saturated heterocycles. The molecule has 4 aromatic rings. The summed E-state index contributed by atoms with van der Waals surface area (Å²) in [6, 6.07) is 29.2. The third-order valence-corrected chi connectivity index (χ3v) is 9.21. The minimum absolute atomic E-state index is 0.0936. The summed E-state index contributed by atoms with van der Waals surface area (Å²) in [6.07, 6.45) is 2.39. The maximum absolute atomic E-state index is 6.88. The van der Waals surface area contributed by atoms with Gasteiger partial charge in [-0.25, -0.2) is 0 Å². The third-order valence-electron chi connectivity index (χ3n) is 9.00. The largest absolute Gasteiger partial charge is 0.310 e. The molecule has 0 heterocycles.